The molecule has 4 atom stereocenters. The van der Waals surface area contributed by atoms with Crippen molar-refractivity contribution >= 4 is 71.5 Å². The zero-order chi connectivity index (χ0) is 47.4. The number of amides is 2. The number of ether oxygens (including phenoxy) is 2. The van der Waals surface area contributed by atoms with Gasteiger partial charge >= 0.3 is 26.6 Å². The van der Waals surface area contributed by atoms with Gasteiger partial charge in [-0.3, -0.25) is 19.0 Å². The SMILES string of the molecule is N#C[C@H]1CCOCC1n1cc(C(N)=O)c(N)n1.N#C[C@H]1CCOCC1n1cc(C(N)=O)c(Nc2cc3c(c(C(F)(F)F)c2)OB(O)C=C3)n1.OB1C=Cc2cc(Br)cc(C(F)(F)F)c2O1. The Bertz CT molecular complexity index is 2600. The van der Waals surface area contributed by atoms with Crippen molar-refractivity contribution in [3.05, 3.63) is 86.5 Å². The van der Waals surface area contributed by atoms with Crippen LogP contribution in [-0.4, -0.2) is 82.1 Å². The Kier molecular flexibility index (Phi) is 14.5. The van der Waals surface area contributed by atoms with Gasteiger partial charge in [0.25, 0.3) is 11.8 Å². The summed E-state index contributed by atoms with van der Waals surface area (Å²) in [7, 11) is -2.83. The second kappa shape index (κ2) is 19.7. The van der Waals surface area contributed by atoms with Crippen molar-refractivity contribution in [1.82, 2.24) is 19.6 Å². The number of rotatable bonds is 6. The van der Waals surface area contributed by atoms with Gasteiger partial charge < -0.3 is 51.3 Å². The quantitative estimate of drug-likeness (QED) is 0.112. The van der Waals surface area contributed by atoms with Crippen molar-refractivity contribution in [2.45, 2.75) is 37.3 Å². The fourth-order valence-electron chi connectivity index (χ4n) is 6.97. The molecule has 2 amide bonds. The number of benzene rings is 2. The van der Waals surface area contributed by atoms with Gasteiger partial charge in [-0.1, -0.05) is 28.1 Å². The molecule has 2 aromatic heterocycles. The second-order valence-electron chi connectivity index (χ2n) is 14.5. The Morgan fingerprint density at radius 3 is 1.74 bits per heavy atom. The van der Waals surface area contributed by atoms with Crippen LogP contribution >= 0.6 is 15.9 Å². The van der Waals surface area contributed by atoms with E-state index in [1.165, 1.54) is 58.0 Å². The van der Waals surface area contributed by atoms with Crippen LogP contribution in [0.5, 0.6) is 11.5 Å². The highest BCUT2D eigenvalue weighted by Crippen LogP contribution is 2.44. The van der Waals surface area contributed by atoms with Gasteiger partial charge in [-0.2, -0.15) is 47.1 Å². The number of primary amides is 2. The highest BCUT2D eigenvalue weighted by atomic mass is 79.9. The summed E-state index contributed by atoms with van der Waals surface area (Å²) in [6.45, 7) is 1.56. The van der Waals surface area contributed by atoms with Crippen molar-refractivity contribution in [2.75, 3.05) is 37.5 Å². The minimum absolute atomic E-state index is 0.0230. The maximum Gasteiger partial charge on any atom is 0.552 e. The van der Waals surface area contributed by atoms with Crippen molar-refractivity contribution in [3.63, 3.8) is 0 Å². The van der Waals surface area contributed by atoms with Crippen LogP contribution < -0.4 is 31.8 Å². The van der Waals surface area contributed by atoms with Crippen molar-refractivity contribution < 1.29 is 64.8 Å². The number of carbonyl (C=O) groups excluding carboxylic acids is 2. The number of hydrogen-bond donors (Lipinski definition) is 6. The van der Waals surface area contributed by atoms with Crippen LogP contribution in [0.15, 0.2) is 53.1 Å². The third-order valence-electron chi connectivity index (χ3n) is 10.1. The molecule has 9 N–H and O–H groups in total. The fourth-order valence-corrected chi connectivity index (χ4v) is 7.44. The number of halogens is 7. The molecule has 0 radical (unpaired) electrons. The van der Waals surface area contributed by atoms with Gasteiger partial charge in [0.2, 0.25) is 0 Å². The number of carbonyl (C=O) groups is 2. The number of aromatic nitrogens is 4. The number of anilines is 3. The van der Waals surface area contributed by atoms with Crippen LogP contribution in [0.4, 0.5) is 43.7 Å². The molecule has 18 nitrogen and oxygen atoms in total. The summed E-state index contributed by atoms with van der Waals surface area (Å²) in [5.41, 5.74) is 14.6. The van der Waals surface area contributed by atoms with E-state index in [9.17, 15) is 46.2 Å². The molecule has 0 saturated carbocycles. The monoisotopic (exact) mass is 974 g/mol. The van der Waals surface area contributed by atoms with E-state index in [0.717, 1.165) is 12.1 Å². The molecule has 6 heterocycles. The number of nitrogens with two attached hydrogens (primary N) is 3. The first-order valence-corrected chi connectivity index (χ1v) is 19.9. The van der Waals surface area contributed by atoms with E-state index < -0.39 is 67.2 Å². The van der Waals surface area contributed by atoms with Crippen LogP contribution in [0.3, 0.4) is 0 Å². The normalized spacial score (nSPS) is 19.9. The van der Waals surface area contributed by atoms with Gasteiger partial charge in [0.1, 0.15) is 22.6 Å². The maximum absolute atomic E-state index is 13.6. The summed E-state index contributed by atoms with van der Waals surface area (Å²) in [6, 6.07) is 8.26. The molecule has 65 heavy (non-hydrogen) atoms. The fraction of sp³-hybridized carbons (Fsp3) is 0.316. The largest absolute Gasteiger partial charge is 0.552 e. The Morgan fingerprint density at radius 1 is 0.785 bits per heavy atom. The highest BCUT2D eigenvalue weighted by Gasteiger charge is 2.39. The molecule has 4 aliphatic rings. The van der Waals surface area contributed by atoms with Crippen molar-refractivity contribution in [2.24, 2.45) is 23.3 Å². The predicted octanol–water partition coefficient (Wildman–Crippen LogP) is 4.83. The zero-order valence-electron chi connectivity index (χ0n) is 33.4. The molecule has 2 fully saturated rings. The first-order chi connectivity index (χ1) is 30.7. The Hall–Kier alpha value is -6.51. The van der Waals surface area contributed by atoms with Gasteiger partial charge in [0.15, 0.2) is 11.6 Å². The molecule has 8 rings (SSSR count). The van der Waals surface area contributed by atoms with E-state index in [4.69, 9.17) is 46.3 Å². The molecule has 0 aliphatic carbocycles. The van der Waals surface area contributed by atoms with Gasteiger partial charge in [0.05, 0.1) is 60.4 Å². The highest BCUT2D eigenvalue weighted by molar-refractivity contribution is 9.10. The smallest absolute Gasteiger partial charge is 0.532 e. The minimum atomic E-state index is -4.77. The van der Waals surface area contributed by atoms with Gasteiger partial charge in [-0.15, -0.1) is 0 Å². The Balaban J connectivity index is 0.000000178. The number of fused-ring (bicyclic) bond motifs is 2. The van der Waals surface area contributed by atoms with Crippen LogP contribution in [0.1, 0.15) is 67.9 Å². The van der Waals surface area contributed by atoms with Crippen LogP contribution in [-0.2, 0) is 21.8 Å². The lowest BCUT2D eigenvalue weighted by Gasteiger charge is -2.27. The lowest BCUT2D eigenvalue weighted by Crippen LogP contribution is -2.29. The summed E-state index contributed by atoms with van der Waals surface area (Å²) < 4.78 is 102. The summed E-state index contributed by atoms with van der Waals surface area (Å²) in [5.74, 6) is -0.428. The summed E-state index contributed by atoms with van der Waals surface area (Å²) in [5, 5.41) is 48.1. The molecular formula is C38H35B2BrF6N10O8. The molecule has 0 bridgehead atoms. The molecule has 4 aromatic rings. The van der Waals surface area contributed by atoms with E-state index in [1.54, 1.807) is 0 Å². The molecular weight excluding hydrogens is 940 g/mol. The third-order valence-corrected chi connectivity index (χ3v) is 10.6. The maximum atomic E-state index is 13.6. The van der Waals surface area contributed by atoms with Gasteiger partial charge in [0, 0.05) is 46.9 Å². The van der Waals surface area contributed by atoms with Crippen LogP contribution in [0, 0.1) is 34.5 Å². The van der Waals surface area contributed by atoms with E-state index >= 15 is 0 Å². The van der Waals surface area contributed by atoms with E-state index in [0.29, 0.717) is 37.1 Å². The van der Waals surface area contributed by atoms with Crippen LogP contribution in [0.2, 0.25) is 0 Å². The number of nitrogens with zero attached hydrogens (tertiary/aromatic N) is 6. The number of alkyl halides is 6. The van der Waals surface area contributed by atoms with Crippen molar-refractivity contribution in [3.8, 4) is 23.6 Å². The summed E-state index contributed by atoms with van der Waals surface area (Å²) in [4.78, 5) is 23.0. The van der Waals surface area contributed by atoms with Gasteiger partial charge in [-0.25, -0.2) is 0 Å². The number of nitrogens with one attached hydrogen (secondary N) is 1. The lowest BCUT2D eigenvalue weighted by molar-refractivity contribution is -0.139. The van der Waals surface area contributed by atoms with E-state index in [-0.39, 0.29) is 63.9 Å². The number of nitrogen functional groups attached to an aromatic ring is 1. The Labute approximate surface area is 373 Å². The van der Waals surface area contributed by atoms with Gasteiger partial charge in [-0.05, 0) is 49.1 Å². The lowest BCUT2D eigenvalue weighted by atomic mass is 9.85. The molecule has 2 unspecified atom stereocenters. The predicted molar refractivity (Wildman–Crippen MR) is 222 cm³/mol. The average Bonchev–Trinajstić information content (AvgIpc) is 3.87. The minimum Gasteiger partial charge on any atom is -0.532 e. The number of hydrogen-bond acceptors (Lipinski definition) is 14. The standard InChI is InChI=1S/C19H17BF3N5O4.C10H13N5O2.C9H5BBrF3O2/c21-19(22,23)14-6-12(5-10-1-3-20(30)32-16(10)14)26-18-13(17(25)29)8-28(27-18)15-9-31-4-2-11(15)7-24;11-3-6-1-2-17-5-8(6)15-4-7(10(13)16)9(12)14-15;11-6-3-5-1-2-10(15)16-8(5)7(4-6)9(12,13)14/h1,3,5-6,8,11,15,30H,2,4,9H2,(H2,25,29)(H,26,27);4,6,8H,1-2,5H2,(H2,12,14)(H2,13,16);1-4,15H/t11-,15?;6-,8?;/m11./s1. The van der Waals surface area contributed by atoms with Crippen molar-refractivity contribution in [1.29, 1.82) is 10.5 Å². The first kappa shape index (κ1) is 48.0. The van der Waals surface area contributed by atoms with E-state index in [2.05, 4.69) is 43.6 Å². The summed E-state index contributed by atoms with van der Waals surface area (Å²) >= 11 is 3.00. The molecule has 27 heteroatoms. The van der Waals surface area contributed by atoms with Crippen LogP contribution in [0.25, 0.3) is 12.2 Å². The topological polar surface area (TPSA) is 285 Å². The van der Waals surface area contributed by atoms with E-state index in [1.807, 2.05) is 0 Å². The molecule has 4 aliphatic heterocycles. The molecule has 2 saturated heterocycles. The molecule has 0 spiro atoms. The molecule has 2 aromatic carbocycles. The second-order valence-corrected chi connectivity index (χ2v) is 15.4. The molecule has 340 valence electrons. The number of nitriles is 2. The average molecular weight is 975 g/mol. The Morgan fingerprint density at radius 2 is 1.26 bits per heavy atom. The summed E-state index contributed by atoms with van der Waals surface area (Å²) in [6.07, 6.45) is -2.65. The zero-order valence-corrected chi connectivity index (χ0v) is 35.0. The third kappa shape index (κ3) is 11.2. The first-order valence-electron chi connectivity index (χ1n) is 19.1.